The van der Waals surface area contributed by atoms with Gasteiger partial charge in [0.2, 0.25) is 5.91 Å². The van der Waals surface area contributed by atoms with E-state index in [2.05, 4.69) is 15.6 Å². The van der Waals surface area contributed by atoms with Crippen molar-refractivity contribution in [3.63, 3.8) is 0 Å². The predicted octanol–water partition coefficient (Wildman–Crippen LogP) is 2.74. The van der Waals surface area contributed by atoms with Gasteiger partial charge in [0.1, 0.15) is 0 Å². The van der Waals surface area contributed by atoms with Crippen molar-refractivity contribution in [2.75, 3.05) is 16.4 Å². The number of nitrogens with zero attached hydrogens (tertiary/aromatic N) is 1. The van der Waals surface area contributed by atoms with Crippen LogP contribution in [0.1, 0.15) is 5.56 Å². The molecule has 1 aliphatic rings. The van der Waals surface area contributed by atoms with Crippen LogP contribution in [0.5, 0.6) is 0 Å². The normalized spacial score (nSPS) is 13.6. The Morgan fingerprint density at radius 3 is 3.16 bits per heavy atom. The van der Waals surface area contributed by atoms with Gasteiger partial charge in [-0.2, -0.15) is 0 Å². The highest BCUT2D eigenvalue weighted by atomic mass is 32.2. The lowest BCUT2D eigenvalue weighted by atomic mass is 10.2. The van der Waals surface area contributed by atoms with Crippen molar-refractivity contribution in [3.05, 3.63) is 48.3 Å². The number of pyridine rings is 1. The third-order valence-electron chi connectivity index (χ3n) is 2.83. The Hall–Kier alpha value is -2.01. The van der Waals surface area contributed by atoms with Gasteiger partial charge in [-0.1, -0.05) is 6.07 Å². The Morgan fingerprint density at radius 1 is 1.37 bits per heavy atom. The number of thioether (sulfide) groups is 1. The molecule has 0 spiro atoms. The second kappa shape index (κ2) is 5.32. The van der Waals surface area contributed by atoms with Crippen LogP contribution in [-0.2, 0) is 11.3 Å². The quantitative estimate of drug-likeness (QED) is 0.901. The maximum Gasteiger partial charge on any atom is 0.234 e. The van der Waals surface area contributed by atoms with Crippen molar-refractivity contribution < 1.29 is 4.79 Å². The zero-order valence-corrected chi connectivity index (χ0v) is 11.0. The lowest BCUT2D eigenvalue weighted by Gasteiger charge is -2.17. The summed E-state index contributed by atoms with van der Waals surface area (Å²) in [5.41, 5.74) is 3.00. The lowest BCUT2D eigenvalue weighted by molar-refractivity contribution is -0.113. The van der Waals surface area contributed by atoms with Crippen LogP contribution in [0, 0.1) is 0 Å². The predicted molar refractivity (Wildman–Crippen MR) is 77.4 cm³/mol. The van der Waals surface area contributed by atoms with Gasteiger partial charge >= 0.3 is 0 Å². The number of carbonyl (C=O) groups excluding carboxylic acids is 1. The third kappa shape index (κ3) is 2.88. The van der Waals surface area contributed by atoms with Gasteiger partial charge in [-0.05, 0) is 29.8 Å². The van der Waals surface area contributed by atoms with Crippen LogP contribution in [-0.4, -0.2) is 16.6 Å². The van der Waals surface area contributed by atoms with Crippen molar-refractivity contribution in [1.82, 2.24) is 4.98 Å². The van der Waals surface area contributed by atoms with Crippen molar-refractivity contribution in [1.29, 1.82) is 0 Å². The molecule has 19 heavy (non-hydrogen) atoms. The third-order valence-corrected chi connectivity index (χ3v) is 3.91. The Labute approximate surface area is 115 Å². The van der Waals surface area contributed by atoms with Gasteiger partial charge in [0.25, 0.3) is 0 Å². The average molecular weight is 271 g/mol. The molecule has 1 aromatic carbocycles. The molecular weight excluding hydrogens is 258 g/mol. The number of rotatable bonds is 3. The van der Waals surface area contributed by atoms with E-state index in [1.54, 1.807) is 18.0 Å². The van der Waals surface area contributed by atoms with Crippen LogP contribution in [0.25, 0.3) is 0 Å². The summed E-state index contributed by atoms with van der Waals surface area (Å²) in [6.07, 6.45) is 3.60. The number of aromatic nitrogens is 1. The van der Waals surface area contributed by atoms with Crippen molar-refractivity contribution in [3.8, 4) is 0 Å². The molecule has 96 valence electrons. The number of amides is 1. The fourth-order valence-electron chi connectivity index (χ4n) is 1.90. The molecule has 0 fully saturated rings. The van der Waals surface area contributed by atoms with E-state index in [9.17, 15) is 4.79 Å². The van der Waals surface area contributed by atoms with Crippen LogP contribution >= 0.6 is 11.8 Å². The highest BCUT2D eigenvalue weighted by Crippen LogP contribution is 2.33. The number of anilines is 2. The van der Waals surface area contributed by atoms with Gasteiger partial charge < -0.3 is 10.6 Å². The van der Waals surface area contributed by atoms with Gasteiger partial charge in [-0.15, -0.1) is 11.8 Å². The standard InChI is InChI=1S/C14H13N3OS/c18-14-9-19-13-4-3-11(6-12(13)17-14)16-8-10-2-1-5-15-7-10/h1-7,16H,8-9H2,(H,17,18). The highest BCUT2D eigenvalue weighted by molar-refractivity contribution is 8.00. The first-order chi connectivity index (χ1) is 9.31. The van der Waals surface area contributed by atoms with E-state index >= 15 is 0 Å². The Kier molecular flexibility index (Phi) is 3.37. The zero-order chi connectivity index (χ0) is 13.1. The van der Waals surface area contributed by atoms with E-state index in [0.717, 1.165) is 21.8 Å². The number of fused-ring (bicyclic) bond motifs is 1. The summed E-state index contributed by atoms with van der Waals surface area (Å²) in [5.74, 6) is 0.553. The van der Waals surface area contributed by atoms with Gasteiger partial charge in [-0.25, -0.2) is 0 Å². The first kappa shape index (κ1) is 12.0. The second-order valence-corrected chi connectivity index (χ2v) is 5.28. The van der Waals surface area contributed by atoms with E-state index in [1.165, 1.54) is 0 Å². The van der Waals surface area contributed by atoms with E-state index < -0.39 is 0 Å². The Morgan fingerprint density at radius 2 is 2.32 bits per heavy atom. The van der Waals surface area contributed by atoms with Crippen LogP contribution in [0.4, 0.5) is 11.4 Å². The Bertz CT molecular complexity index is 601. The molecule has 2 heterocycles. The summed E-state index contributed by atoms with van der Waals surface area (Å²) in [5, 5.41) is 6.21. The number of carbonyl (C=O) groups is 1. The number of benzene rings is 1. The summed E-state index contributed by atoms with van der Waals surface area (Å²) in [6, 6.07) is 9.97. The van der Waals surface area contributed by atoms with Gasteiger partial charge in [0.05, 0.1) is 11.4 Å². The first-order valence-corrected chi connectivity index (χ1v) is 6.99. The summed E-state index contributed by atoms with van der Waals surface area (Å²) < 4.78 is 0. The molecule has 0 saturated heterocycles. The van der Waals surface area contributed by atoms with Crippen LogP contribution < -0.4 is 10.6 Å². The second-order valence-electron chi connectivity index (χ2n) is 4.26. The molecule has 0 saturated carbocycles. The minimum absolute atomic E-state index is 0.0573. The molecule has 1 aromatic heterocycles. The smallest absolute Gasteiger partial charge is 0.234 e. The summed E-state index contributed by atoms with van der Waals surface area (Å²) in [7, 11) is 0. The molecule has 1 aliphatic heterocycles. The van der Waals surface area contributed by atoms with Crippen molar-refractivity contribution >= 4 is 29.0 Å². The minimum Gasteiger partial charge on any atom is -0.381 e. The SMILES string of the molecule is O=C1CSc2ccc(NCc3cccnc3)cc2N1. The molecule has 0 bridgehead atoms. The topological polar surface area (TPSA) is 54.0 Å². The average Bonchev–Trinajstić information content (AvgIpc) is 2.46. The summed E-state index contributed by atoms with van der Waals surface area (Å²) in [6.45, 7) is 0.716. The Balaban J connectivity index is 1.72. The van der Waals surface area contributed by atoms with Crippen molar-refractivity contribution in [2.24, 2.45) is 0 Å². The first-order valence-electron chi connectivity index (χ1n) is 6.01. The number of nitrogens with one attached hydrogen (secondary N) is 2. The van der Waals surface area contributed by atoms with Crippen LogP contribution in [0.3, 0.4) is 0 Å². The van der Waals surface area contributed by atoms with Crippen molar-refractivity contribution in [2.45, 2.75) is 11.4 Å². The maximum atomic E-state index is 11.4. The molecule has 0 aliphatic carbocycles. The molecule has 0 unspecified atom stereocenters. The molecule has 4 nitrogen and oxygen atoms in total. The molecular formula is C14H13N3OS. The van der Waals surface area contributed by atoms with Crippen LogP contribution in [0.15, 0.2) is 47.6 Å². The summed E-state index contributed by atoms with van der Waals surface area (Å²) in [4.78, 5) is 16.5. The van der Waals surface area contributed by atoms with E-state index in [-0.39, 0.29) is 5.91 Å². The van der Waals surface area contributed by atoms with E-state index in [0.29, 0.717) is 12.3 Å². The fraction of sp³-hybridized carbons (Fsp3) is 0.143. The minimum atomic E-state index is 0.0573. The molecule has 1 amide bonds. The van der Waals surface area contributed by atoms with E-state index in [4.69, 9.17) is 0 Å². The monoisotopic (exact) mass is 271 g/mol. The number of hydrogen-bond acceptors (Lipinski definition) is 4. The van der Waals surface area contributed by atoms with Gasteiger partial charge in [0, 0.05) is 29.5 Å². The van der Waals surface area contributed by atoms with Gasteiger partial charge in [-0.3, -0.25) is 9.78 Å². The van der Waals surface area contributed by atoms with E-state index in [1.807, 2.05) is 36.5 Å². The molecule has 2 N–H and O–H groups in total. The molecule has 0 radical (unpaired) electrons. The molecule has 3 rings (SSSR count). The molecule has 2 aromatic rings. The zero-order valence-electron chi connectivity index (χ0n) is 10.2. The van der Waals surface area contributed by atoms with Gasteiger partial charge in [0.15, 0.2) is 0 Å². The fourth-order valence-corrected chi connectivity index (χ4v) is 2.69. The number of hydrogen-bond donors (Lipinski definition) is 2. The summed E-state index contributed by atoms with van der Waals surface area (Å²) >= 11 is 1.57. The maximum absolute atomic E-state index is 11.4. The molecule has 0 atom stereocenters. The van der Waals surface area contributed by atoms with Crippen LogP contribution in [0.2, 0.25) is 0 Å². The molecule has 5 heteroatoms. The largest absolute Gasteiger partial charge is 0.381 e. The highest BCUT2D eigenvalue weighted by Gasteiger charge is 2.15. The lowest BCUT2D eigenvalue weighted by Crippen LogP contribution is -2.18.